The van der Waals surface area contributed by atoms with Gasteiger partial charge in [0.2, 0.25) is 10.0 Å². The molecular weight excluding hydrogens is 448 g/mol. The zero-order valence-electron chi connectivity index (χ0n) is 16.6. The van der Waals surface area contributed by atoms with Crippen molar-refractivity contribution in [1.82, 2.24) is 0 Å². The van der Waals surface area contributed by atoms with Crippen molar-refractivity contribution in [1.29, 1.82) is 0 Å². The fraction of sp³-hybridized carbons (Fsp3) is 0.0417. The van der Waals surface area contributed by atoms with Crippen LogP contribution in [0.15, 0.2) is 89.8 Å². The summed E-state index contributed by atoms with van der Waals surface area (Å²) in [6, 6.07) is 23.3. The molecule has 0 saturated heterocycles. The van der Waals surface area contributed by atoms with E-state index in [1.807, 2.05) is 24.3 Å². The van der Waals surface area contributed by atoms with Gasteiger partial charge in [0.1, 0.15) is 0 Å². The molecule has 160 valence electrons. The molecule has 0 aromatic heterocycles. The normalized spacial score (nSPS) is 18.2. The fourth-order valence-corrected chi connectivity index (χ4v) is 4.89. The number of aliphatic hydroxyl groups is 1. The lowest BCUT2D eigenvalue weighted by Crippen LogP contribution is -2.39. The highest BCUT2D eigenvalue weighted by Crippen LogP contribution is 2.49. The van der Waals surface area contributed by atoms with E-state index in [-0.39, 0.29) is 10.5 Å². The molecule has 4 aromatic rings. The van der Waals surface area contributed by atoms with E-state index in [4.69, 9.17) is 16.7 Å². The van der Waals surface area contributed by atoms with Crippen LogP contribution in [-0.4, -0.2) is 19.4 Å². The number of benzene rings is 4. The second-order valence-electron chi connectivity index (χ2n) is 7.58. The van der Waals surface area contributed by atoms with Gasteiger partial charge in [-0.1, -0.05) is 60.1 Å². The standard InChI is InChI=1S/C24H17ClN2O4S/c25-17-10-13-19-15(14-17)4-3-7-21(19)27-22-6-2-1-5-20(22)24(29,23(27)28)16-8-11-18(12-9-16)32(26,30)31/h1-14,29H,(H2,26,30,31). The summed E-state index contributed by atoms with van der Waals surface area (Å²) in [4.78, 5) is 15.2. The highest BCUT2D eigenvalue weighted by atomic mass is 35.5. The van der Waals surface area contributed by atoms with Gasteiger partial charge < -0.3 is 5.11 Å². The number of hydrogen-bond donors (Lipinski definition) is 2. The van der Waals surface area contributed by atoms with Gasteiger partial charge in [0, 0.05) is 16.0 Å². The second-order valence-corrected chi connectivity index (χ2v) is 9.58. The zero-order chi connectivity index (χ0) is 22.7. The Bertz CT molecular complexity index is 1500. The summed E-state index contributed by atoms with van der Waals surface area (Å²) < 4.78 is 23.2. The van der Waals surface area contributed by atoms with Gasteiger partial charge in [-0.3, -0.25) is 9.69 Å². The van der Waals surface area contributed by atoms with Crippen molar-refractivity contribution in [3.05, 3.63) is 101 Å². The molecule has 0 bridgehead atoms. The Hall–Kier alpha value is -3.23. The Labute approximate surface area is 189 Å². The van der Waals surface area contributed by atoms with E-state index in [0.717, 1.165) is 10.8 Å². The number of nitrogens with zero attached hydrogens (tertiary/aromatic N) is 1. The highest BCUT2D eigenvalue weighted by Gasteiger charge is 2.51. The summed E-state index contributed by atoms with van der Waals surface area (Å²) in [6.45, 7) is 0. The van der Waals surface area contributed by atoms with Gasteiger partial charge in [-0.05, 0) is 47.3 Å². The predicted molar refractivity (Wildman–Crippen MR) is 123 cm³/mol. The summed E-state index contributed by atoms with van der Waals surface area (Å²) in [5, 5.41) is 19.1. The summed E-state index contributed by atoms with van der Waals surface area (Å²) in [6.07, 6.45) is 0. The number of rotatable bonds is 3. The van der Waals surface area contributed by atoms with Crippen molar-refractivity contribution in [2.75, 3.05) is 4.90 Å². The van der Waals surface area contributed by atoms with Crippen molar-refractivity contribution in [3.8, 4) is 0 Å². The SMILES string of the molecule is NS(=O)(=O)c1ccc(C2(O)C(=O)N(c3cccc4cc(Cl)ccc34)c3ccccc32)cc1. The van der Waals surface area contributed by atoms with E-state index in [1.165, 1.54) is 29.2 Å². The minimum atomic E-state index is -3.91. The molecule has 0 saturated carbocycles. The summed E-state index contributed by atoms with van der Waals surface area (Å²) in [5.74, 6) is -0.565. The topological polar surface area (TPSA) is 101 Å². The van der Waals surface area contributed by atoms with Gasteiger partial charge in [-0.25, -0.2) is 13.6 Å². The maximum absolute atomic E-state index is 13.8. The van der Waals surface area contributed by atoms with E-state index in [2.05, 4.69) is 0 Å². The van der Waals surface area contributed by atoms with Crippen molar-refractivity contribution in [2.45, 2.75) is 10.5 Å². The number of hydrogen-bond acceptors (Lipinski definition) is 4. The lowest BCUT2D eigenvalue weighted by molar-refractivity contribution is -0.131. The van der Waals surface area contributed by atoms with Crippen LogP contribution in [-0.2, 0) is 20.4 Å². The molecule has 8 heteroatoms. The van der Waals surface area contributed by atoms with Crippen LogP contribution in [0.25, 0.3) is 10.8 Å². The molecule has 0 spiro atoms. The molecule has 0 fully saturated rings. The Morgan fingerprint density at radius 2 is 1.56 bits per heavy atom. The van der Waals surface area contributed by atoms with Crippen molar-refractivity contribution in [2.24, 2.45) is 5.14 Å². The predicted octanol–water partition coefficient (Wildman–Crippen LogP) is 4.05. The van der Waals surface area contributed by atoms with E-state index < -0.39 is 21.5 Å². The average molecular weight is 465 g/mol. The Kier molecular flexibility index (Phi) is 4.61. The lowest BCUT2D eigenvalue weighted by atomic mass is 9.87. The van der Waals surface area contributed by atoms with E-state index in [9.17, 15) is 18.3 Å². The molecule has 1 aliphatic rings. The van der Waals surface area contributed by atoms with Crippen LogP contribution in [0.4, 0.5) is 11.4 Å². The first-order valence-corrected chi connectivity index (χ1v) is 11.6. The van der Waals surface area contributed by atoms with Gasteiger partial charge in [-0.2, -0.15) is 0 Å². The largest absolute Gasteiger partial charge is 0.372 e. The number of anilines is 2. The summed E-state index contributed by atoms with van der Waals surface area (Å²) in [5.41, 5.74) is -0.207. The van der Waals surface area contributed by atoms with Crippen LogP contribution in [0.3, 0.4) is 0 Å². The lowest BCUT2D eigenvalue weighted by Gasteiger charge is -2.24. The number of carbonyl (C=O) groups excluding carboxylic acids is 1. The first kappa shape index (κ1) is 20.7. The molecule has 32 heavy (non-hydrogen) atoms. The van der Waals surface area contributed by atoms with E-state index in [1.54, 1.807) is 36.4 Å². The maximum atomic E-state index is 13.8. The number of sulfonamides is 1. The minimum Gasteiger partial charge on any atom is -0.372 e. The number of halogens is 1. The van der Waals surface area contributed by atoms with Gasteiger partial charge in [0.25, 0.3) is 5.91 Å². The van der Waals surface area contributed by atoms with Crippen LogP contribution in [0, 0.1) is 0 Å². The van der Waals surface area contributed by atoms with E-state index >= 15 is 0 Å². The third kappa shape index (κ3) is 3.02. The van der Waals surface area contributed by atoms with Crippen molar-refractivity contribution in [3.63, 3.8) is 0 Å². The van der Waals surface area contributed by atoms with Crippen LogP contribution in [0.1, 0.15) is 11.1 Å². The number of para-hydroxylation sites is 1. The molecular formula is C24H17ClN2O4S. The molecule has 1 amide bonds. The molecule has 3 N–H and O–H groups in total. The molecule has 1 heterocycles. The Balaban J connectivity index is 1.72. The Morgan fingerprint density at radius 3 is 2.28 bits per heavy atom. The molecule has 1 aliphatic heterocycles. The maximum Gasteiger partial charge on any atom is 0.273 e. The number of fused-ring (bicyclic) bond motifs is 2. The molecule has 1 unspecified atom stereocenters. The van der Waals surface area contributed by atoms with E-state index in [0.29, 0.717) is 22.0 Å². The number of primary sulfonamides is 1. The molecule has 0 aliphatic carbocycles. The van der Waals surface area contributed by atoms with Crippen LogP contribution in [0.5, 0.6) is 0 Å². The van der Waals surface area contributed by atoms with Crippen molar-refractivity contribution < 1.29 is 18.3 Å². The first-order valence-electron chi connectivity index (χ1n) is 9.69. The third-order valence-electron chi connectivity index (χ3n) is 5.71. The summed E-state index contributed by atoms with van der Waals surface area (Å²) >= 11 is 6.14. The van der Waals surface area contributed by atoms with Gasteiger partial charge in [0.05, 0.1) is 16.3 Å². The quantitative estimate of drug-likeness (QED) is 0.477. The second kappa shape index (κ2) is 7.15. The van der Waals surface area contributed by atoms with Gasteiger partial charge in [-0.15, -0.1) is 0 Å². The van der Waals surface area contributed by atoms with Gasteiger partial charge >= 0.3 is 0 Å². The number of amides is 1. The monoisotopic (exact) mass is 464 g/mol. The number of carbonyl (C=O) groups is 1. The average Bonchev–Trinajstić information content (AvgIpc) is 3.00. The fourth-order valence-electron chi connectivity index (χ4n) is 4.20. The molecule has 1 atom stereocenters. The molecule has 0 radical (unpaired) electrons. The molecule has 5 rings (SSSR count). The molecule has 6 nitrogen and oxygen atoms in total. The van der Waals surface area contributed by atoms with Crippen LogP contribution < -0.4 is 10.0 Å². The smallest absolute Gasteiger partial charge is 0.273 e. The first-order chi connectivity index (χ1) is 15.2. The third-order valence-corrected chi connectivity index (χ3v) is 6.87. The Morgan fingerprint density at radius 1 is 0.875 bits per heavy atom. The minimum absolute atomic E-state index is 0.105. The number of nitrogens with two attached hydrogens (primary N) is 1. The van der Waals surface area contributed by atoms with Crippen LogP contribution >= 0.6 is 11.6 Å². The summed E-state index contributed by atoms with van der Waals surface area (Å²) in [7, 11) is -3.91. The van der Waals surface area contributed by atoms with Crippen LogP contribution in [0.2, 0.25) is 5.02 Å². The zero-order valence-corrected chi connectivity index (χ0v) is 18.1. The van der Waals surface area contributed by atoms with Gasteiger partial charge in [0.15, 0.2) is 5.60 Å². The van der Waals surface area contributed by atoms with Crippen molar-refractivity contribution >= 4 is 49.7 Å². The highest BCUT2D eigenvalue weighted by molar-refractivity contribution is 7.89. The molecule has 4 aromatic carbocycles.